The molecule has 1 aliphatic rings. The van der Waals surface area contributed by atoms with Crippen molar-refractivity contribution < 1.29 is 13.2 Å². The van der Waals surface area contributed by atoms with Crippen LogP contribution < -0.4 is 5.32 Å². The molecule has 0 radical (unpaired) electrons. The number of rotatable bonds is 6. The van der Waals surface area contributed by atoms with Gasteiger partial charge in [-0.2, -0.15) is 4.31 Å². The Kier molecular flexibility index (Phi) is 6.05. The van der Waals surface area contributed by atoms with Gasteiger partial charge in [-0.05, 0) is 37.1 Å². The number of hydrogen-bond donors (Lipinski definition) is 1. The van der Waals surface area contributed by atoms with E-state index in [9.17, 15) is 13.2 Å². The maximum Gasteiger partial charge on any atom is 0.243 e. The summed E-state index contributed by atoms with van der Waals surface area (Å²) < 4.78 is 27.1. The van der Waals surface area contributed by atoms with Gasteiger partial charge < -0.3 is 5.32 Å². The molecule has 0 spiro atoms. The Morgan fingerprint density at radius 2 is 1.92 bits per heavy atom. The normalized spacial score (nSPS) is 15.9. The number of nitrogens with zero attached hydrogens (tertiary/aromatic N) is 2. The summed E-state index contributed by atoms with van der Waals surface area (Å²) in [7, 11) is -1.85. The summed E-state index contributed by atoms with van der Waals surface area (Å²) in [5.74, 6) is -0.175. The predicted octanol–water partition coefficient (Wildman–Crippen LogP) is 3.28. The van der Waals surface area contributed by atoms with Gasteiger partial charge in [0.05, 0.1) is 22.5 Å². The highest BCUT2D eigenvalue weighted by atomic mass is 32.2. The molecule has 0 unspecified atom stereocenters. The lowest BCUT2D eigenvalue weighted by atomic mass is 9.96. The molecular formula is C18H23N3O3S2. The van der Waals surface area contributed by atoms with Crippen LogP contribution in [0, 0.1) is 0 Å². The standard InChI is InChI=1S/C18H23N3O3S2/c1-21(16-5-3-2-4-6-16)26(23,24)17-9-7-14(8-10-17)20-18(22)11-15-12-25-13-19-15/h7-10,12-13,16H,2-6,11H2,1H3,(H,20,22). The Bertz CT molecular complexity index is 827. The monoisotopic (exact) mass is 393 g/mol. The van der Waals surface area contributed by atoms with Crippen molar-refractivity contribution in [3.8, 4) is 0 Å². The molecule has 140 valence electrons. The van der Waals surface area contributed by atoms with Gasteiger partial charge in [0.25, 0.3) is 0 Å². The molecule has 1 aliphatic carbocycles. The van der Waals surface area contributed by atoms with E-state index in [-0.39, 0.29) is 23.3 Å². The zero-order valence-corrected chi connectivity index (χ0v) is 16.4. The highest BCUT2D eigenvalue weighted by Gasteiger charge is 2.28. The second-order valence-electron chi connectivity index (χ2n) is 6.54. The van der Waals surface area contributed by atoms with E-state index in [0.717, 1.165) is 31.4 Å². The molecular weight excluding hydrogens is 370 g/mol. The third-order valence-electron chi connectivity index (χ3n) is 4.73. The van der Waals surface area contributed by atoms with Gasteiger partial charge in [0.2, 0.25) is 15.9 Å². The van der Waals surface area contributed by atoms with Gasteiger partial charge in [-0.15, -0.1) is 11.3 Å². The van der Waals surface area contributed by atoms with E-state index in [1.165, 1.54) is 22.1 Å². The van der Waals surface area contributed by atoms with Crippen molar-refractivity contribution in [2.75, 3.05) is 12.4 Å². The smallest absolute Gasteiger partial charge is 0.243 e. The van der Waals surface area contributed by atoms with E-state index in [2.05, 4.69) is 10.3 Å². The molecule has 2 aromatic rings. The molecule has 8 heteroatoms. The molecule has 1 N–H and O–H groups in total. The van der Waals surface area contributed by atoms with Gasteiger partial charge in [-0.3, -0.25) is 4.79 Å². The first-order valence-corrected chi connectivity index (χ1v) is 11.1. The number of hydrogen-bond acceptors (Lipinski definition) is 5. The van der Waals surface area contributed by atoms with Gasteiger partial charge in [0.15, 0.2) is 0 Å². The molecule has 1 aromatic carbocycles. The number of carbonyl (C=O) groups excluding carboxylic acids is 1. The van der Waals surface area contributed by atoms with E-state index < -0.39 is 10.0 Å². The average Bonchev–Trinajstić information content (AvgIpc) is 3.15. The zero-order chi connectivity index (χ0) is 18.6. The van der Waals surface area contributed by atoms with Crippen LogP contribution in [0.2, 0.25) is 0 Å². The third-order valence-corrected chi connectivity index (χ3v) is 7.29. The third kappa shape index (κ3) is 4.49. The molecule has 6 nitrogen and oxygen atoms in total. The van der Waals surface area contributed by atoms with Gasteiger partial charge in [-0.1, -0.05) is 19.3 Å². The molecule has 0 saturated heterocycles. The summed E-state index contributed by atoms with van der Waals surface area (Å²) >= 11 is 1.44. The molecule has 0 aliphatic heterocycles. The molecule has 1 fully saturated rings. The lowest BCUT2D eigenvalue weighted by Crippen LogP contribution is -2.38. The number of thiazole rings is 1. The van der Waals surface area contributed by atoms with Crippen LogP contribution in [0.5, 0.6) is 0 Å². The summed E-state index contributed by atoms with van der Waals surface area (Å²) in [6.45, 7) is 0. The maximum absolute atomic E-state index is 12.8. The van der Waals surface area contributed by atoms with Crippen molar-refractivity contribution in [3.05, 3.63) is 40.8 Å². The Morgan fingerprint density at radius 3 is 2.54 bits per heavy atom. The zero-order valence-electron chi connectivity index (χ0n) is 14.7. The van der Waals surface area contributed by atoms with E-state index in [0.29, 0.717) is 5.69 Å². The Labute approximate surface area is 158 Å². The number of amides is 1. The SMILES string of the molecule is CN(C1CCCCC1)S(=O)(=O)c1ccc(NC(=O)Cc2cscn2)cc1. The fraction of sp³-hybridized carbons (Fsp3) is 0.444. The number of benzene rings is 1. The highest BCUT2D eigenvalue weighted by Crippen LogP contribution is 2.27. The van der Waals surface area contributed by atoms with Gasteiger partial charge in [0, 0.05) is 24.2 Å². The average molecular weight is 394 g/mol. The van der Waals surface area contributed by atoms with E-state index in [1.54, 1.807) is 36.8 Å². The largest absolute Gasteiger partial charge is 0.326 e. The number of aromatic nitrogens is 1. The number of sulfonamides is 1. The fourth-order valence-electron chi connectivity index (χ4n) is 3.21. The first-order chi connectivity index (χ1) is 12.5. The van der Waals surface area contributed by atoms with Crippen molar-refractivity contribution in [2.24, 2.45) is 0 Å². The number of carbonyl (C=O) groups is 1. The van der Waals surface area contributed by atoms with Crippen molar-refractivity contribution in [1.82, 2.24) is 9.29 Å². The second kappa shape index (κ2) is 8.28. The molecule has 1 heterocycles. The van der Waals surface area contributed by atoms with Gasteiger partial charge in [-0.25, -0.2) is 13.4 Å². The first-order valence-electron chi connectivity index (χ1n) is 8.72. The van der Waals surface area contributed by atoms with Crippen LogP contribution >= 0.6 is 11.3 Å². The lowest BCUT2D eigenvalue weighted by Gasteiger charge is -2.30. The maximum atomic E-state index is 12.8. The van der Waals surface area contributed by atoms with Gasteiger partial charge >= 0.3 is 0 Å². The van der Waals surface area contributed by atoms with Crippen molar-refractivity contribution >= 4 is 33.0 Å². The van der Waals surface area contributed by atoms with Crippen molar-refractivity contribution in [1.29, 1.82) is 0 Å². The Hall–Kier alpha value is -1.77. The van der Waals surface area contributed by atoms with Crippen LogP contribution in [-0.2, 0) is 21.2 Å². The van der Waals surface area contributed by atoms with Crippen molar-refractivity contribution in [3.63, 3.8) is 0 Å². The topological polar surface area (TPSA) is 79.4 Å². The second-order valence-corrected chi connectivity index (χ2v) is 9.26. The minimum Gasteiger partial charge on any atom is -0.326 e. The van der Waals surface area contributed by atoms with Crippen LogP contribution in [0.4, 0.5) is 5.69 Å². The number of anilines is 1. The molecule has 1 aromatic heterocycles. The Balaban J connectivity index is 1.65. The van der Waals surface area contributed by atoms with Crippen LogP contribution in [0.1, 0.15) is 37.8 Å². The highest BCUT2D eigenvalue weighted by molar-refractivity contribution is 7.89. The molecule has 1 amide bonds. The van der Waals surface area contributed by atoms with Gasteiger partial charge in [0.1, 0.15) is 0 Å². The minimum atomic E-state index is -3.51. The van der Waals surface area contributed by atoms with E-state index >= 15 is 0 Å². The molecule has 0 bridgehead atoms. The molecule has 26 heavy (non-hydrogen) atoms. The Morgan fingerprint density at radius 1 is 1.23 bits per heavy atom. The quantitative estimate of drug-likeness (QED) is 0.817. The van der Waals surface area contributed by atoms with E-state index in [4.69, 9.17) is 0 Å². The summed E-state index contributed by atoms with van der Waals surface area (Å²) in [4.78, 5) is 16.3. The fourth-order valence-corrected chi connectivity index (χ4v) is 5.19. The molecule has 1 saturated carbocycles. The minimum absolute atomic E-state index is 0.0752. The van der Waals surface area contributed by atoms with Crippen LogP contribution in [-0.4, -0.2) is 36.7 Å². The number of nitrogens with one attached hydrogen (secondary N) is 1. The lowest BCUT2D eigenvalue weighted by molar-refractivity contribution is -0.115. The predicted molar refractivity (Wildman–Crippen MR) is 103 cm³/mol. The van der Waals surface area contributed by atoms with Crippen LogP contribution in [0.15, 0.2) is 40.1 Å². The van der Waals surface area contributed by atoms with Crippen LogP contribution in [0.25, 0.3) is 0 Å². The molecule has 0 atom stereocenters. The van der Waals surface area contributed by atoms with Crippen molar-refractivity contribution in [2.45, 2.75) is 49.5 Å². The molecule has 3 rings (SSSR count). The summed E-state index contributed by atoms with van der Waals surface area (Å²) in [6, 6.07) is 6.42. The van der Waals surface area contributed by atoms with E-state index in [1.807, 2.05) is 5.38 Å². The first kappa shape index (κ1) is 19.0. The summed E-state index contributed by atoms with van der Waals surface area (Å²) in [6.07, 6.45) is 5.37. The van der Waals surface area contributed by atoms with Crippen LogP contribution in [0.3, 0.4) is 0 Å². The summed E-state index contributed by atoms with van der Waals surface area (Å²) in [5, 5.41) is 4.60. The summed E-state index contributed by atoms with van der Waals surface area (Å²) in [5.41, 5.74) is 2.98.